The van der Waals surface area contributed by atoms with Crippen molar-refractivity contribution < 1.29 is 40.7 Å². The molecule has 198 valence electrons. The summed E-state index contributed by atoms with van der Waals surface area (Å²) in [5.74, 6) is -3.46. The average Bonchev–Trinajstić information content (AvgIpc) is 3.13. The Morgan fingerprint density at radius 2 is 1.83 bits per heavy atom. The molecule has 1 heterocycles. The fraction of sp³-hybridized carbons (Fsp3) is 0.476. The predicted octanol–water partition coefficient (Wildman–Crippen LogP) is 1.57. The summed E-state index contributed by atoms with van der Waals surface area (Å²) in [7, 11) is 0. The first-order valence-corrected chi connectivity index (χ1v) is 10.7. The van der Waals surface area contributed by atoms with Crippen LogP contribution in [0.15, 0.2) is 30.1 Å². The number of carbonyl (C=O) groups is 3. The van der Waals surface area contributed by atoms with E-state index >= 15 is 0 Å². The van der Waals surface area contributed by atoms with Gasteiger partial charge in [-0.15, -0.1) is 0 Å². The summed E-state index contributed by atoms with van der Waals surface area (Å²) in [4.78, 5) is 39.1. The second kappa shape index (κ2) is 9.52. The molecule has 1 aromatic carbocycles. The van der Waals surface area contributed by atoms with Crippen LogP contribution in [0.1, 0.15) is 31.7 Å². The summed E-state index contributed by atoms with van der Waals surface area (Å²) in [6.45, 7) is 1.40. The van der Waals surface area contributed by atoms with E-state index in [4.69, 9.17) is 11.6 Å². The van der Waals surface area contributed by atoms with E-state index in [1.165, 1.54) is 6.92 Å². The molecule has 1 aliphatic heterocycles. The number of likely N-dealkylation sites (tertiary alicyclic amines) is 1. The Balaban J connectivity index is 1.67. The molecule has 2 atom stereocenters. The lowest BCUT2D eigenvalue weighted by molar-refractivity contribution is -0.154. The van der Waals surface area contributed by atoms with Gasteiger partial charge in [0, 0.05) is 37.3 Å². The van der Waals surface area contributed by atoms with E-state index in [1.54, 1.807) is 0 Å². The Labute approximate surface area is 201 Å². The first kappa shape index (κ1) is 27.1. The lowest BCUT2D eigenvalue weighted by atomic mass is 9.71. The fourth-order valence-corrected chi connectivity index (χ4v) is 4.46. The van der Waals surface area contributed by atoms with Crippen LogP contribution in [0.4, 0.5) is 32.0 Å². The van der Waals surface area contributed by atoms with Gasteiger partial charge in [-0.25, -0.2) is 13.2 Å². The predicted molar refractivity (Wildman–Crippen MR) is 114 cm³/mol. The molecule has 1 saturated heterocycles. The highest BCUT2D eigenvalue weighted by molar-refractivity contribution is 6.35. The van der Waals surface area contributed by atoms with Crippen LogP contribution >= 0.6 is 0 Å². The van der Waals surface area contributed by atoms with Gasteiger partial charge >= 0.3 is 18.0 Å². The van der Waals surface area contributed by atoms with Crippen molar-refractivity contribution in [2.75, 3.05) is 11.9 Å². The van der Waals surface area contributed by atoms with Crippen molar-refractivity contribution in [3.8, 4) is 0 Å². The third-order valence-corrected chi connectivity index (χ3v) is 6.35. The van der Waals surface area contributed by atoms with Crippen molar-refractivity contribution in [2.24, 2.45) is 17.5 Å². The zero-order chi connectivity index (χ0) is 27.1. The summed E-state index contributed by atoms with van der Waals surface area (Å²) in [5, 5.41) is 4.50. The fourth-order valence-electron chi connectivity index (χ4n) is 4.46. The first-order chi connectivity index (χ1) is 16.6. The Kier molecular flexibility index (Phi) is 7.17. The summed E-state index contributed by atoms with van der Waals surface area (Å²) in [6.07, 6.45) is -5.58. The molecule has 0 spiro atoms. The van der Waals surface area contributed by atoms with Gasteiger partial charge in [0.05, 0.1) is 22.7 Å². The van der Waals surface area contributed by atoms with Crippen LogP contribution in [0.3, 0.4) is 0 Å². The number of anilines is 1. The molecular formula is C21H24F6N6O3. The Hall–Kier alpha value is -3.49. The molecule has 3 amide bonds. The van der Waals surface area contributed by atoms with Crippen molar-refractivity contribution in [1.82, 2.24) is 15.6 Å². The molecule has 15 heteroatoms. The Morgan fingerprint density at radius 1 is 1.19 bits per heavy atom. The average molecular weight is 522 g/mol. The molecule has 1 aromatic rings. The van der Waals surface area contributed by atoms with Gasteiger partial charge in [-0.3, -0.25) is 20.2 Å². The lowest BCUT2D eigenvalue weighted by Gasteiger charge is -2.47. The maximum Gasteiger partial charge on any atom is 0.419 e. The molecule has 0 radical (unpaired) electrons. The molecule has 9 nitrogen and oxygen atoms in total. The van der Waals surface area contributed by atoms with Crippen molar-refractivity contribution in [2.45, 2.75) is 49.9 Å². The Bertz CT molecular complexity index is 1080. The number of halogens is 6. The van der Waals surface area contributed by atoms with Crippen molar-refractivity contribution >= 4 is 23.4 Å². The minimum absolute atomic E-state index is 0.0540. The highest BCUT2D eigenvalue weighted by atomic mass is 19.4. The molecular weight excluding hydrogens is 498 g/mol. The number of hydrogen-bond acceptors (Lipinski definition) is 6. The normalized spacial score (nSPS) is 23.0. The lowest BCUT2D eigenvalue weighted by Crippen LogP contribution is -2.66. The van der Waals surface area contributed by atoms with E-state index in [0.717, 1.165) is 17.2 Å². The highest BCUT2D eigenvalue weighted by Crippen LogP contribution is 2.48. The second-order valence-corrected chi connectivity index (χ2v) is 8.83. The number of benzene rings is 1. The van der Waals surface area contributed by atoms with Crippen LogP contribution in [0.25, 0.3) is 0 Å². The van der Waals surface area contributed by atoms with Crippen LogP contribution in [0, 0.1) is 11.7 Å². The monoisotopic (exact) mass is 522 g/mol. The standard InChI is InChI=1S/C21H24F6N6O3/c1-10-12(16(34)31-11-2-3-14(22)13(6-11)21(25,26)27)4-5-33(10)18(36)17(35)32-19(15(28)7-30-29)8-20(23,24)9-19/h2-3,6-7,10,12,30H,4-5,8-9,28-29H2,1H3,(H,31,34)(H,32,35)/b15-7-/t10-,12?/m0/s1. The number of nitrogens with two attached hydrogens (primary N) is 2. The van der Waals surface area contributed by atoms with E-state index in [-0.39, 0.29) is 24.4 Å². The second-order valence-electron chi connectivity index (χ2n) is 8.83. The third-order valence-electron chi connectivity index (χ3n) is 6.35. The minimum atomic E-state index is -4.97. The zero-order valence-electron chi connectivity index (χ0n) is 18.9. The quantitative estimate of drug-likeness (QED) is 0.172. The molecule has 1 aliphatic carbocycles. The number of nitrogens with one attached hydrogen (secondary N) is 3. The van der Waals surface area contributed by atoms with Gasteiger partial charge in [0.2, 0.25) is 5.91 Å². The smallest absolute Gasteiger partial charge is 0.399 e. The molecule has 3 rings (SSSR count). The van der Waals surface area contributed by atoms with Crippen LogP contribution < -0.4 is 27.6 Å². The molecule has 2 fully saturated rings. The first-order valence-electron chi connectivity index (χ1n) is 10.7. The van der Waals surface area contributed by atoms with Crippen LogP contribution in [0.5, 0.6) is 0 Å². The SMILES string of the molecule is C[C@H]1C(C(=O)Nc2ccc(F)c(C(F)(F)F)c2)CCN1C(=O)C(=O)NC1(/C(N)=C/NN)CC(F)(F)C1. The number of alkyl halides is 5. The van der Waals surface area contributed by atoms with Crippen LogP contribution in [-0.4, -0.2) is 46.7 Å². The van der Waals surface area contributed by atoms with Gasteiger partial charge in [0.25, 0.3) is 5.92 Å². The van der Waals surface area contributed by atoms with Gasteiger partial charge < -0.3 is 26.7 Å². The number of nitrogens with zero attached hydrogens (tertiary/aromatic N) is 1. The molecule has 0 aromatic heterocycles. The number of amides is 3. The van der Waals surface area contributed by atoms with Gasteiger partial charge in [-0.2, -0.15) is 13.2 Å². The maximum absolute atomic E-state index is 13.6. The van der Waals surface area contributed by atoms with E-state index in [0.29, 0.717) is 12.1 Å². The molecule has 1 saturated carbocycles. The van der Waals surface area contributed by atoms with Gasteiger partial charge in [0.15, 0.2) is 0 Å². The minimum Gasteiger partial charge on any atom is -0.399 e. The number of hydrogen-bond donors (Lipinski definition) is 5. The number of carbonyl (C=O) groups excluding carboxylic acids is 3. The van der Waals surface area contributed by atoms with Crippen molar-refractivity contribution in [3.63, 3.8) is 0 Å². The maximum atomic E-state index is 13.6. The van der Waals surface area contributed by atoms with Gasteiger partial charge in [-0.05, 0) is 31.5 Å². The molecule has 0 bridgehead atoms. The summed E-state index contributed by atoms with van der Waals surface area (Å²) >= 11 is 0. The van der Waals surface area contributed by atoms with Gasteiger partial charge in [-0.1, -0.05) is 0 Å². The molecule has 1 unspecified atom stereocenters. The van der Waals surface area contributed by atoms with E-state index in [1.807, 2.05) is 0 Å². The van der Waals surface area contributed by atoms with Crippen molar-refractivity contribution in [3.05, 3.63) is 41.5 Å². The molecule has 36 heavy (non-hydrogen) atoms. The number of hydrazine groups is 1. The molecule has 7 N–H and O–H groups in total. The van der Waals surface area contributed by atoms with E-state index < -0.39 is 71.5 Å². The van der Waals surface area contributed by atoms with Crippen molar-refractivity contribution in [1.29, 1.82) is 0 Å². The topological polar surface area (TPSA) is 143 Å². The highest BCUT2D eigenvalue weighted by Gasteiger charge is 2.59. The van der Waals surface area contributed by atoms with Gasteiger partial charge in [0.1, 0.15) is 5.82 Å². The van der Waals surface area contributed by atoms with E-state index in [9.17, 15) is 40.7 Å². The van der Waals surface area contributed by atoms with Crippen LogP contribution in [-0.2, 0) is 20.6 Å². The molecule has 2 aliphatic rings. The summed E-state index contributed by atoms with van der Waals surface area (Å²) < 4.78 is 79.4. The third kappa shape index (κ3) is 5.34. The summed E-state index contributed by atoms with van der Waals surface area (Å²) in [5.41, 5.74) is 4.08. The summed E-state index contributed by atoms with van der Waals surface area (Å²) in [6, 6.07) is 1.12. The Morgan fingerprint density at radius 3 is 2.39 bits per heavy atom. The zero-order valence-corrected chi connectivity index (χ0v) is 18.9. The van der Waals surface area contributed by atoms with Crippen LogP contribution in [0.2, 0.25) is 0 Å². The largest absolute Gasteiger partial charge is 0.419 e. The number of rotatable bonds is 5. The van der Waals surface area contributed by atoms with E-state index in [2.05, 4.69) is 16.1 Å².